The van der Waals surface area contributed by atoms with Crippen molar-refractivity contribution in [1.82, 2.24) is 14.9 Å². The second-order valence-electron chi connectivity index (χ2n) is 4.16. The highest BCUT2D eigenvalue weighted by molar-refractivity contribution is 5.35. The Bertz CT molecular complexity index is 333. The molecular formula is C11H19N5. The molecule has 0 aromatic carbocycles. The van der Waals surface area contributed by atoms with Gasteiger partial charge < -0.3 is 16.0 Å². The lowest BCUT2D eigenvalue weighted by atomic mass is 10.1. The van der Waals surface area contributed by atoms with E-state index in [2.05, 4.69) is 27.1 Å². The summed E-state index contributed by atoms with van der Waals surface area (Å²) < 4.78 is 0. The second-order valence-corrected chi connectivity index (χ2v) is 4.16. The first kappa shape index (κ1) is 11.1. The van der Waals surface area contributed by atoms with Crippen molar-refractivity contribution in [2.45, 2.75) is 25.8 Å². The molecule has 0 atom stereocenters. The quantitative estimate of drug-likeness (QED) is 0.795. The molecule has 1 aliphatic rings. The van der Waals surface area contributed by atoms with E-state index in [0.29, 0.717) is 17.8 Å². The maximum absolute atomic E-state index is 5.61. The van der Waals surface area contributed by atoms with Crippen molar-refractivity contribution < 1.29 is 0 Å². The molecule has 0 aliphatic carbocycles. The summed E-state index contributed by atoms with van der Waals surface area (Å²) in [4.78, 5) is 10.8. The van der Waals surface area contributed by atoms with Gasteiger partial charge in [0.1, 0.15) is 5.82 Å². The topological polar surface area (TPSA) is 67.1 Å². The van der Waals surface area contributed by atoms with Gasteiger partial charge in [-0.15, -0.1) is 0 Å². The van der Waals surface area contributed by atoms with E-state index in [4.69, 9.17) is 5.73 Å². The van der Waals surface area contributed by atoms with Crippen molar-refractivity contribution in [3.05, 3.63) is 12.3 Å². The number of rotatable bonds is 3. The Morgan fingerprint density at radius 3 is 2.88 bits per heavy atom. The largest absolute Gasteiger partial charge is 0.384 e. The van der Waals surface area contributed by atoms with Crippen LogP contribution >= 0.6 is 0 Å². The molecule has 1 saturated heterocycles. The smallest absolute Gasteiger partial charge is 0.224 e. The molecule has 5 nitrogen and oxygen atoms in total. The van der Waals surface area contributed by atoms with Gasteiger partial charge >= 0.3 is 0 Å². The third-order valence-corrected chi connectivity index (χ3v) is 3.05. The fourth-order valence-electron chi connectivity index (χ4n) is 2.02. The number of likely N-dealkylation sites (tertiary alicyclic amines) is 1. The molecule has 88 valence electrons. The average molecular weight is 221 g/mol. The highest BCUT2D eigenvalue weighted by Gasteiger charge is 2.18. The number of nitrogens with two attached hydrogens (primary N) is 1. The minimum atomic E-state index is 0.476. The van der Waals surface area contributed by atoms with E-state index in [1.165, 1.54) is 0 Å². The first-order valence-corrected chi connectivity index (χ1v) is 5.85. The third kappa shape index (κ3) is 2.82. The lowest BCUT2D eigenvalue weighted by Crippen LogP contribution is -2.39. The molecule has 0 bridgehead atoms. The Labute approximate surface area is 96.1 Å². The number of anilines is 2. The molecule has 1 aromatic rings. The summed E-state index contributed by atoms with van der Waals surface area (Å²) in [5.74, 6) is 1.17. The third-order valence-electron chi connectivity index (χ3n) is 3.05. The van der Waals surface area contributed by atoms with E-state index in [0.717, 1.165) is 32.5 Å². The van der Waals surface area contributed by atoms with Crippen molar-refractivity contribution in [1.29, 1.82) is 0 Å². The minimum absolute atomic E-state index is 0.476. The Kier molecular flexibility index (Phi) is 3.56. The average Bonchev–Trinajstić information content (AvgIpc) is 2.30. The van der Waals surface area contributed by atoms with Gasteiger partial charge in [-0.05, 0) is 25.5 Å². The Morgan fingerprint density at radius 1 is 1.50 bits per heavy atom. The zero-order valence-corrected chi connectivity index (χ0v) is 9.69. The van der Waals surface area contributed by atoms with Crippen LogP contribution in [0.1, 0.15) is 19.8 Å². The monoisotopic (exact) mass is 221 g/mol. The number of nitrogen functional groups attached to an aromatic ring is 1. The van der Waals surface area contributed by atoms with Crippen LogP contribution < -0.4 is 11.1 Å². The standard InChI is InChI=1S/C11H19N5/c1-2-16-7-4-9(5-8-16)14-11-13-6-3-10(12)15-11/h3,6,9H,2,4-5,7-8H2,1H3,(H3,12,13,14,15). The molecule has 16 heavy (non-hydrogen) atoms. The summed E-state index contributed by atoms with van der Waals surface area (Å²) in [7, 11) is 0. The fourth-order valence-corrected chi connectivity index (χ4v) is 2.02. The maximum atomic E-state index is 5.61. The number of piperidine rings is 1. The number of hydrogen-bond acceptors (Lipinski definition) is 5. The van der Waals surface area contributed by atoms with Gasteiger partial charge in [0.25, 0.3) is 0 Å². The van der Waals surface area contributed by atoms with Gasteiger partial charge in [-0.3, -0.25) is 0 Å². The van der Waals surface area contributed by atoms with Crippen molar-refractivity contribution in [3.8, 4) is 0 Å². The van der Waals surface area contributed by atoms with E-state index < -0.39 is 0 Å². The summed E-state index contributed by atoms with van der Waals surface area (Å²) >= 11 is 0. The number of hydrogen-bond donors (Lipinski definition) is 2. The first-order valence-electron chi connectivity index (χ1n) is 5.85. The second kappa shape index (κ2) is 5.12. The van der Waals surface area contributed by atoms with E-state index in [1.54, 1.807) is 12.3 Å². The highest BCUT2D eigenvalue weighted by atomic mass is 15.2. The van der Waals surface area contributed by atoms with Gasteiger partial charge in [-0.1, -0.05) is 6.92 Å². The van der Waals surface area contributed by atoms with Crippen molar-refractivity contribution in [2.24, 2.45) is 0 Å². The van der Waals surface area contributed by atoms with E-state index in [1.807, 2.05) is 0 Å². The summed E-state index contributed by atoms with van der Waals surface area (Å²) in [5, 5.41) is 3.34. The normalized spacial score (nSPS) is 18.6. The molecule has 3 N–H and O–H groups in total. The number of nitrogens with zero attached hydrogens (tertiary/aromatic N) is 3. The van der Waals surface area contributed by atoms with Crippen molar-refractivity contribution in [3.63, 3.8) is 0 Å². The lowest BCUT2D eigenvalue weighted by Gasteiger charge is -2.31. The number of aromatic nitrogens is 2. The van der Waals surface area contributed by atoms with Crippen LogP contribution in [0.5, 0.6) is 0 Å². The van der Waals surface area contributed by atoms with Gasteiger partial charge in [0.05, 0.1) is 0 Å². The minimum Gasteiger partial charge on any atom is -0.384 e. The predicted molar refractivity (Wildman–Crippen MR) is 65.2 cm³/mol. The van der Waals surface area contributed by atoms with Crippen LogP contribution in [0.15, 0.2) is 12.3 Å². The van der Waals surface area contributed by atoms with Crippen LogP contribution in [0.3, 0.4) is 0 Å². The first-order chi connectivity index (χ1) is 7.78. The zero-order chi connectivity index (χ0) is 11.4. The van der Waals surface area contributed by atoms with Gasteiger partial charge in [0.2, 0.25) is 5.95 Å². The lowest BCUT2D eigenvalue weighted by molar-refractivity contribution is 0.229. The molecular weight excluding hydrogens is 202 g/mol. The van der Waals surface area contributed by atoms with Crippen LogP contribution in [0, 0.1) is 0 Å². The zero-order valence-electron chi connectivity index (χ0n) is 9.69. The molecule has 0 unspecified atom stereocenters. The highest BCUT2D eigenvalue weighted by Crippen LogP contribution is 2.14. The molecule has 1 aromatic heterocycles. The molecule has 0 saturated carbocycles. The summed E-state index contributed by atoms with van der Waals surface area (Å²) in [6, 6.07) is 2.18. The Morgan fingerprint density at radius 2 is 2.25 bits per heavy atom. The van der Waals surface area contributed by atoms with Crippen LogP contribution in [0.2, 0.25) is 0 Å². The van der Waals surface area contributed by atoms with Crippen LogP contribution in [0.25, 0.3) is 0 Å². The van der Waals surface area contributed by atoms with E-state index in [-0.39, 0.29) is 0 Å². The fraction of sp³-hybridized carbons (Fsp3) is 0.636. The predicted octanol–water partition coefficient (Wildman–Crippen LogP) is 0.955. The molecule has 2 rings (SSSR count). The van der Waals surface area contributed by atoms with Crippen LogP contribution in [-0.2, 0) is 0 Å². The molecule has 0 radical (unpaired) electrons. The summed E-state index contributed by atoms with van der Waals surface area (Å²) in [6.07, 6.45) is 3.98. The summed E-state index contributed by atoms with van der Waals surface area (Å²) in [6.45, 7) is 5.64. The van der Waals surface area contributed by atoms with Gasteiger partial charge in [0, 0.05) is 25.3 Å². The van der Waals surface area contributed by atoms with Gasteiger partial charge in [-0.25, -0.2) is 4.98 Å². The van der Waals surface area contributed by atoms with Gasteiger partial charge in [-0.2, -0.15) is 4.98 Å². The van der Waals surface area contributed by atoms with Crippen molar-refractivity contribution in [2.75, 3.05) is 30.7 Å². The van der Waals surface area contributed by atoms with E-state index >= 15 is 0 Å². The van der Waals surface area contributed by atoms with Crippen molar-refractivity contribution >= 4 is 11.8 Å². The molecule has 1 aliphatic heterocycles. The Balaban J connectivity index is 1.87. The SMILES string of the molecule is CCN1CCC(Nc2nccc(N)n2)CC1. The van der Waals surface area contributed by atoms with Crippen LogP contribution in [0.4, 0.5) is 11.8 Å². The summed E-state index contributed by atoms with van der Waals surface area (Å²) in [5.41, 5.74) is 5.61. The number of nitrogens with one attached hydrogen (secondary N) is 1. The van der Waals surface area contributed by atoms with Crippen LogP contribution in [-0.4, -0.2) is 40.5 Å². The molecule has 0 spiro atoms. The molecule has 1 fully saturated rings. The van der Waals surface area contributed by atoms with E-state index in [9.17, 15) is 0 Å². The maximum Gasteiger partial charge on any atom is 0.224 e. The Hall–Kier alpha value is -1.36. The van der Waals surface area contributed by atoms with Gasteiger partial charge in [0.15, 0.2) is 0 Å². The molecule has 2 heterocycles. The molecule has 0 amide bonds. The molecule has 5 heteroatoms.